The zero-order valence-corrected chi connectivity index (χ0v) is 11.8. The third-order valence-corrected chi connectivity index (χ3v) is 3.70. The van der Waals surface area contributed by atoms with Crippen molar-refractivity contribution in [2.45, 2.75) is 25.9 Å². The van der Waals surface area contributed by atoms with E-state index in [2.05, 4.69) is 24.1 Å². The number of nitrogens with one attached hydrogen (secondary N) is 1. The quantitative estimate of drug-likeness (QED) is 0.890. The molecule has 0 saturated carbocycles. The molecule has 0 radical (unpaired) electrons. The van der Waals surface area contributed by atoms with Crippen molar-refractivity contribution in [3.05, 3.63) is 33.8 Å². The van der Waals surface area contributed by atoms with Crippen LogP contribution in [-0.4, -0.2) is 30.1 Å². The fraction of sp³-hybridized carbons (Fsp3) is 0.538. The molecule has 0 atom stereocenters. The largest absolute Gasteiger partial charge is 0.314 e. The Morgan fingerprint density at radius 3 is 2.47 bits per heavy atom. The van der Waals surface area contributed by atoms with Crippen LogP contribution in [0.4, 0.5) is 0 Å². The van der Waals surface area contributed by atoms with Crippen molar-refractivity contribution in [3.63, 3.8) is 0 Å². The lowest BCUT2D eigenvalue weighted by Gasteiger charge is -2.43. The Morgan fingerprint density at radius 1 is 1.24 bits per heavy atom. The summed E-state index contributed by atoms with van der Waals surface area (Å²) >= 11 is 12.0. The summed E-state index contributed by atoms with van der Waals surface area (Å²) in [7, 11) is 0. The SMILES string of the molecule is CC1(C)CNCCN1Cc1cc(Cl)cc(Cl)c1. The number of benzene rings is 1. The van der Waals surface area contributed by atoms with Crippen molar-refractivity contribution >= 4 is 23.2 Å². The van der Waals surface area contributed by atoms with Crippen LogP contribution in [0.15, 0.2) is 18.2 Å². The highest BCUT2D eigenvalue weighted by Crippen LogP contribution is 2.23. The molecule has 2 nitrogen and oxygen atoms in total. The number of hydrogen-bond donors (Lipinski definition) is 1. The molecule has 0 aromatic heterocycles. The van der Waals surface area contributed by atoms with Crippen molar-refractivity contribution in [2.75, 3.05) is 19.6 Å². The molecule has 1 saturated heterocycles. The first-order valence-electron chi connectivity index (χ1n) is 5.88. The molecule has 17 heavy (non-hydrogen) atoms. The van der Waals surface area contributed by atoms with Gasteiger partial charge in [-0.05, 0) is 37.6 Å². The minimum Gasteiger partial charge on any atom is -0.314 e. The van der Waals surface area contributed by atoms with Crippen LogP contribution in [0.25, 0.3) is 0 Å². The molecule has 0 spiro atoms. The minimum absolute atomic E-state index is 0.174. The van der Waals surface area contributed by atoms with E-state index in [1.165, 1.54) is 5.56 Å². The average molecular weight is 273 g/mol. The molecule has 2 rings (SSSR count). The summed E-state index contributed by atoms with van der Waals surface area (Å²) in [5.41, 5.74) is 1.35. The number of nitrogens with zero attached hydrogens (tertiary/aromatic N) is 1. The van der Waals surface area contributed by atoms with Crippen LogP contribution in [0.3, 0.4) is 0 Å². The van der Waals surface area contributed by atoms with E-state index in [0.717, 1.165) is 26.2 Å². The van der Waals surface area contributed by atoms with E-state index in [9.17, 15) is 0 Å². The maximum Gasteiger partial charge on any atom is 0.0424 e. The van der Waals surface area contributed by atoms with Gasteiger partial charge in [0.05, 0.1) is 0 Å². The molecule has 1 aliphatic heterocycles. The van der Waals surface area contributed by atoms with Gasteiger partial charge in [0.1, 0.15) is 0 Å². The molecule has 1 aliphatic rings. The van der Waals surface area contributed by atoms with Crippen LogP contribution in [-0.2, 0) is 6.54 Å². The first kappa shape index (κ1) is 13.2. The summed E-state index contributed by atoms with van der Waals surface area (Å²) in [6.07, 6.45) is 0. The first-order valence-corrected chi connectivity index (χ1v) is 6.64. The second-order valence-electron chi connectivity index (χ2n) is 5.19. The highest BCUT2D eigenvalue weighted by atomic mass is 35.5. The lowest BCUT2D eigenvalue weighted by molar-refractivity contribution is 0.0828. The maximum absolute atomic E-state index is 6.02. The summed E-state index contributed by atoms with van der Waals surface area (Å²) in [6.45, 7) is 8.52. The van der Waals surface area contributed by atoms with Crippen molar-refractivity contribution < 1.29 is 0 Å². The third kappa shape index (κ3) is 3.35. The normalized spacial score (nSPS) is 20.5. The molecule has 4 heteroatoms. The van der Waals surface area contributed by atoms with Gasteiger partial charge in [-0.2, -0.15) is 0 Å². The van der Waals surface area contributed by atoms with E-state index < -0.39 is 0 Å². The fourth-order valence-electron chi connectivity index (χ4n) is 2.24. The summed E-state index contributed by atoms with van der Waals surface area (Å²) < 4.78 is 0. The van der Waals surface area contributed by atoms with Gasteiger partial charge in [0.25, 0.3) is 0 Å². The molecule has 1 aromatic rings. The second kappa shape index (κ2) is 5.15. The molecular formula is C13H18Cl2N2. The summed E-state index contributed by atoms with van der Waals surface area (Å²) in [5, 5.41) is 4.84. The standard InChI is InChI=1S/C13H18Cl2N2/c1-13(2)9-16-3-4-17(13)8-10-5-11(14)7-12(15)6-10/h5-7,16H,3-4,8-9H2,1-2H3. The fourth-order valence-corrected chi connectivity index (χ4v) is 2.81. The molecule has 1 heterocycles. The smallest absolute Gasteiger partial charge is 0.0424 e. The van der Waals surface area contributed by atoms with Gasteiger partial charge in [-0.15, -0.1) is 0 Å². The molecule has 0 bridgehead atoms. The summed E-state index contributed by atoms with van der Waals surface area (Å²) in [6, 6.07) is 5.76. The summed E-state index contributed by atoms with van der Waals surface area (Å²) in [4.78, 5) is 2.46. The van der Waals surface area contributed by atoms with Gasteiger partial charge < -0.3 is 5.32 Å². The van der Waals surface area contributed by atoms with E-state index in [1.807, 2.05) is 12.1 Å². The van der Waals surface area contributed by atoms with Crippen molar-refractivity contribution in [1.82, 2.24) is 10.2 Å². The first-order chi connectivity index (χ1) is 7.97. The highest BCUT2D eigenvalue weighted by molar-refractivity contribution is 6.34. The Hall–Kier alpha value is -0.280. The lowest BCUT2D eigenvalue weighted by Crippen LogP contribution is -2.57. The number of rotatable bonds is 2. The molecule has 94 valence electrons. The zero-order chi connectivity index (χ0) is 12.5. The topological polar surface area (TPSA) is 15.3 Å². The van der Waals surface area contributed by atoms with Gasteiger partial charge in [0, 0.05) is 41.8 Å². The second-order valence-corrected chi connectivity index (χ2v) is 6.06. The van der Waals surface area contributed by atoms with E-state index in [1.54, 1.807) is 6.07 Å². The molecule has 1 fully saturated rings. The van der Waals surface area contributed by atoms with Crippen LogP contribution in [0.5, 0.6) is 0 Å². The third-order valence-electron chi connectivity index (χ3n) is 3.27. The van der Waals surface area contributed by atoms with Crippen LogP contribution in [0.1, 0.15) is 19.4 Å². The molecule has 0 amide bonds. The molecule has 1 N–H and O–H groups in total. The number of halogens is 2. The lowest BCUT2D eigenvalue weighted by atomic mass is 9.99. The van der Waals surface area contributed by atoms with E-state index >= 15 is 0 Å². The number of hydrogen-bond acceptors (Lipinski definition) is 2. The van der Waals surface area contributed by atoms with Crippen molar-refractivity contribution in [1.29, 1.82) is 0 Å². The molecule has 0 aliphatic carbocycles. The Balaban J connectivity index is 2.14. The van der Waals surface area contributed by atoms with Crippen LogP contribution in [0.2, 0.25) is 10.0 Å². The van der Waals surface area contributed by atoms with E-state index in [-0.39, 0.29) is 5.54 Å². The number of piperazine rings is 1. The zero-order valence-electron chi connectivity index (χ0n) is 10.3. The Morgan fingerprint density at radius 2 is 1.88 bits per heavy atom. The Labute approximate surface area is 113 Å². The molecular weight excluding hydrogens is 255 g/mol. The Bertz CT molecular complexity index is 384. The molecule has 0 unspecified atom stereocenters. The van der Waals surface area contributed by atoms with Gasteiger partial charge in [-0.1, -0.05) is 23.2 Å². The van der Waals surface area contributed by atoms with Gasteiger partial charge in [-0.25, -0.2) is 0 Å². The van der Waals surface area contributed by atoms with Gasteiger partial charge in [-0.3, -0.25) is 4.90 Å². The average Bonchev–Trinajstić information content (AvgIpc) is 2.19. The monoisotopic (exact) mass is 272 g/mol. The van der Waals surface area contributed by atoms with Gasteiger partial charge >= 0.3 is 0 Å². The van der Waals surface area contributed by atoms with Crippen LogP contribution >= 0.6 is 23.2 Å². The highest BCUT2D eigenvalue weighted by Gasteiger charge is 2.29. The summed E-state index contributed by atoms with van der Waals surface area (Å²) in [5.74, 6) is 0. The van der Waals surface area contributed by atoms with Crippen molar-refractivity contribution in [2.24, 2.45) is 0 Å². The van der Waals surface area contributed by atoms with Crippen LogP contribution < -0.4 is 5.32 Å². The van der Waals surface area contributed by atoms with E-state index in [0.29, 0.717) is 10.0 Å². The van der Waals surface area contributed by atoms with Crippen LogP contribution in [0, 0.1) is 0 Å². The minimum atomic E-state index is 0.174. The molecule has 1 aromatic carbocycles. The predicted octanol–water partition coefficient (Wildman–Crippen LogP) is 3.18. The predicted molar refractivity (Wildman–Crippen MR) is 73.8 cm³/mol. The Kier molecular flexibility index (Phi) is 3.99. The van der Waals surface area contributed by atoms with E-state index in [4.69, 9.17) is 23.2 Å². The van der Waals surface area contributed by atoms with Gasteiger partial charge in [0.2, 0.25) is 0 Å². The van der Waals surface area contributed by atoms with Gasteiger partial charge in [0.15, 0.2) is 0 Å². The maximum atomic E-state index is 6.02. The van der Waals surface area contributed by atoms with Crippen molar-refractivity contribution in [3.8, 4) is 0 Å².